The first-order valence-corrected chi connectivity index (χ1v) is 9.64. The third kappa shape index (κ3) is 3.55. The number of amides is 1. The van der Waals surface area contributed by atoms with E-state index in [1.54, 1.807) is 37.6 Å². The minimum atomic E-state index is -0.701. The topological polar surface area (TPSA) is 102 Å². The fourth-order valence-electron chi connectivity index (χ4n) is 3.44. The summed E-state index contributed by atoms with van der Waals surface area (Å²) in [5.41, 5.74) is 2.08. The first kappa shape index (κ1) is 19.4. The van der Waals surface area contributed by atoms with E-state index in [4.69, 9.17) is 0 Å². The number of hydrogen-bond donors (Lipinski definition) is 2. The molecule has 2 heterocycles. The van der Waals surface area contributed by atoms with Crippen LogP contribution in [0, 0.1) is 0 Å². The van der Waals surface area contributed by atoms with Gasteiger partial charge in [-0.2, -0.15) is 0 Å². The molecule has 0 saturated carbocycles. The highest BCUT2D eigenvalue weighted by atomic mass is 16.2. The van der Waals surface area contributed by atoms with Crippen LogP contribution in [0.1, 0.15) is 35.8 Å². The molecule has 0 aliphatic carbocycles. The molecule has 2 aromatic carbocycles. The number of nitrogens with zero attached hydrogens (tertiary/aromatic N) is 3. The highest BCUT2D eigenvalue weighted by molar-refractivity contribution is 5.97. The lowest BCUT2D eigenvalue weighted by Gasteiger charge is -2.16. The summed E-state index contributed by atoms with van der Waals surface area (Å²) >= 11 is 0. The van der Waals surface area contributed by atoms with E-state index in [2.05, 4.69) is 15.3 Å². The maximum atomic E-state index is 12.7. The van der Waals surface area contributed by atoms with Gasteiger partial charge in [0, 0.05) is 30.2 Å². The molecule has 0 aliphatic rings. The van der Waals surface area contributed by atoms with Crippen LogP contribution in [0.25, 0.3) is 16.7 Å². The van der Waals surface area contributed by atoms with E-state index < -0.39 is 11.1 Å². The number of fused-ring (bicyclic) bond motifs is 1. The van der Waals surface area contributed by atoms with Crippen molar-refractivity contribution >= 4 is 16.9 Å². The first-order chi connectivity index (χ1) is 14.5. The number of hydrogen-bond acceptors (Lipinski definition) is 4. The number of imidazole rings is 1. The van der Waals surface area contributed by atoms with Crippen molar-refractivity contribution in [2.45, 2.75) is 26.4 Å². The van der Waals surface area contributed by atoms with Crippen molar-refractivity contribution in [3.8, 4) is 5.69 Å². The van der Waals surface area contributed by atoms with Gasteiger partial charge in [-0.15, -0.1) is 0 Å². The van der Waals surface area contributed by atoms with Gasteiger partial charge in [0.2, 0.25) is 0 Å². The monoisotopic (exact) mass is 403 g/mol. The Morgan fingerprint density at radius 2 is 1.93 bits per heavy atom. The summed E-state index contributed by atoms with van der Waals surface area (Å²) in [7, 11) is 0. The zero-order valence-corrected chi connectivity index (χ0v) is 16.6. The second-order valence-electron chi connectivity index (χ2n) is 6.99. The highest BCUT2D eigenvalue weighted by Gasteiger charge is 2.14. The van der Waals surface area contributed by atoms with Crippen LogP contribution in [0.3, 0.4) is 0 Å². The Kier molecular flexibility index (Phi) is 5.05. The molecule has 4 rings (SSSR count). The average molecular weight is 403 g/mol. The molecule has 8 nitrogen and oxygen atoms in total. The van der Waals surface area contributed by atoms with E-state index in [0.717, 1.165) is 11.3 Å². The van der Waals surface area contributed by atoms with E-state index >= 15 is 0 Å². The molecule has 1 atom stereocenters. The van der Waals surface area contributed by atoms with Gasteiger partial charge >= 0.3 is 11.1 Å². The third-order valence-electron chi connectivity index (χ3n) is 5.10. The van der Waals surface area contributed by atoms with Crippen LogP contribution < -0.4 is 16.4 Å². The Morgan fingerprint density at radius 1 is 1.17 bits per heavy atom. The predicted molar refractivity (Wildman–Crippen MR) is 114 cm³/mol. The number of H-pyrrole nitrogens is 1. The number of aromatic amines is 1. The molecule has 2 aromatic heterocycles. The Morgan fingerprint density at radius 3 is 2.60 bits per heavy atom. The Labute approximate surface area is 171 Å². The maximum Gasteiger partial charge on any atom is 0.316 e. The van der Waals surface area contributed by atoms with Crippen molar-refractivity contribution in [3.63, 3.8) is 0 Å². The molecule has 30 heavy (non-hydrogen) atoms. The van der Waals surface area contributed by atoms with Crippen LogP contribution >= 0.6 is 0 Å². The van der Waals surface area contributed by atoms with E-state index in [1.165, 1.54) is 4.57 Å². The van der Waals surface area contributed by atoms with E-state index in [0.29, 0.717) is 23.1 Å². The first-order valence-electron chi connectivity index (χ1n) is 9.64. The number of benzene rings is 2. The second-order valence-corrected chi connectivity index (χ2v) is 6.99. The van der Waals surface area contributed by atoms with Crippen molar-refractivity contribution in [1.29, 1.82) is 0 Å². The van der Waals surface area contributed by atoms with E-state index in [1.807, 2.05) is 42.0 Å². The van der Waals surface area contributed by atoms with Gasteiger partial charge < -0.3 is 19.4 Å². The molecule has 0 saturated heterocycles. The molecular weight excluding hydrogens is 382 g/mol. The minimum absolute atomic E-state index is 0.214. The zero-order chi connectivity index (χ0) is 21.3. The number of nitrogens with one attached hydrogen (secondary N) is 2. The van der Waals surface area contributed by atoms with Gasteiger partial charge in [-0.1, -0.05) is 12.1 Å². The fraction of sp³-hybridized carbons (Fsp3) is 0.182. The van der Waals surface area contributed by atoms with Crippen molar-refractivity contribution < 1.29 is 4.79 Å². The molecule has 0 fully saturated rings. The van der Waals surface area contributed by atoms with Crippen LogP contribution in [0.5, 0.6) is 0 Å². The lowest BCUT2D eigenvalue weighted by molar-refractivity contribution is 0.0940. The normalized spacial score (nSPS) is 12.1. The summed E-state index contributed by atoms with van der Waals surface area (Å²) in [5, 5.41) is 2.97. The van der Waals surface area contributed by atoms with Crippen molar-refractivity contribution in [3.05, 3.63) is 93.0 Å². The van der Waals surface area contributed by atoms with Gasteiger partial charge in [0.1, 0.15) is 0 Å². The van der Waals surface area contributed by atoms with Gasteiger partial charge in [0.05, 0.1) is 23.4 Å². The summed E-state index contributed by atoms with van der Waals surface area (Å²) in [5.74, 6) is -0.266. The fourth-order valence-corrected chi connectivity index (χ4v) is 3.44. The van der Waals surface area contributed by atoms with Crippen molar-refractivity contribution in [2.75, 3.05) is 0 Å². The molecule has 2 N–H and O–H groups in total. The predicted octanol–water partition coefficient (Wildman–Crippen LogP) is 2.39. The van der Waals surface area contributed by atoms with Gasteiger partial charge in [-0.25, -0.2) is 4.98 Å². The van der Waals surface area contributed by atoms with Crippen LogP contribution in [0.2, 0.25) is 0 Å². The van der Waals surface area contributed by atoms with Crippen molar-refractivity contribution in [1.82, 2.24) is 24.4 Å². The van der Waals surface area contributed by atoms with Gasteiger partial charge in [0.15, 0.2) is 0 Å². The van der Waals surface area contributed by atoms with E-state index in [-0.39, 0.29) is 11.9 Å². The third-order valence-corrected chi connectivity index (χ3v) is 5.10. The lowest BCUT2D eigenvalue weighted by atomic mass is 10.1. The molecule has 0 bridgehead atoms. The summed E-state index contributed by atoms with van der Waals surface area (Å²) in [6.07, 6.45) is 5.30. The smallest absolute Gasteiger partial charge is 0.316 e. The number of aryl methyl sites for hydroxylation is 1. The number of carbonyl (C=O) groups excluding carboxylic acids is 1. The molecule has 0 radical (unpaired) electrons. The minimum Gasteiger partial charge on any atom is -0.346 e. The lowest BCUT2D eigenvalue weighted by Crippen LogP contribution is -2.36. The Balaban J connectivity index is 1.56. The second kappa shape index (κ2) is 7.82. The number of aromatic nitrogens is 4. The molecule has 8 heteroatoms. The summed E-state index contributed by atoms with van der Waals surface area (Å²) in [6, 6.07) is 12.5. The molecule has 0 aliphatic heterocycles. The summed E-state index contributed by atoms with van der Waals surface area (Å²) in [4.78, 5) is 43.2. The van der Waals surface area contributed by atoms with Crippen LogP contribution in [-0.2, 0) is 6.54 Å². The zero-order valence-electron chi connectivity index (χ0n) is 16.6. The quantitative estimate of drug-likeness (QED) is 0.500. The molecule has 1 unspecified atom stereocenters. The molecule has 152 valence electrons. The SMILES string of the molecule is CCn1c(=O)c(=O)[nH]c2cc(C(=O)NC(C)c3ccc(-n4ccnc4)cc3)ccc21. The average Bonchev–Trinajstić information content (AvgIpc) is 3.29. The highest BCUT2D eigenvalue weighted by Crippen LogP contribution is 2.17. The van der Waals surface area contributed by atoms with Crippen LogP contribution in [0.4, 0.5) is 0 Å². The van der Waals surface area contributed by atoms with Gasteiger partial charge in [-0.05, 0) is 49.7 Å². The van der Waals surface area contributed by atoms with Crippen LogP contribution in [0.15, 0.2) is 70.8 Å². The van der Waals surface area contributed by atoms with Crippen molar-refractivity contribution in [2.24, 2.45) is 0 Å². The number of carbonyl (C=O) groups is 1. The largest absolute Gasteiger partial charge is 0.346 e. The molecule has 0 spiro atoms. The van der Waals surface area contributed by atoms with Gasteiger partial charge in [-0.3, -0.25) is 14.4 Å². The van der Waals surface area contributed by atoms with Crippen LogP contribution in [-0.4, -0.2) is 25.0 Å². The number of rotatable bonds is 5. The van der Waals surface area contributed by atoms with Gasteiger partial charge in [0.25, 0.3) is 5.91 Å². The van der Waals surface area contributed by atoms with E-state index in [9.17, 15) is 14.4 Å². The standard InChI is InChI=1S/C22H21N5O3/c1-3-27-19-9-6-16(12-18(19)25-21(29)22(27)30)20(28)24-14(2)15-4-7-17(8-5-15)26-11-10-23-13-26/h4-14H,3H2,1-2H3,(H,24,28)(H,25,29). The molecule has 4 aromatic rings. The summed E-state index contributed by atoms with van der Waals surface area (Å²) < 4.78 is 3.29. The molecule has 1 amide bonds. The Bertz CT molecular complexity index is 1320. The molecular formula is C22H21N5O3. The summed E-state index contributed by atoms with van der Waals surface area (Å²) in [6.45, 7) is 4.07. The Hall–Kier alpha value is -3.94. The maximum absolute atomic E-state index is 12.7.